The van der Waals surface area contributed by atoms with Gasteiger partial charge in [-0.15, -0.1) is 10.2 Å². The SMILES string of the molecule is CCC(CC)n1cnnc1-c1cccc(N2Cc3c(cc(N4CCCC4(C)C)nc3CN)C2=O)n1. The summed E-state index contributed by atoms with van der Waals surface area (Å²) in [6.07, 6.45) is 5.93. The first-order valence-electron chi connectivity index (χ1n) is 12.6. The maximum Gasteiger partial charge on any atom is 0.260 e. The van der Waals surface area contributed by atoms with Gasteiger partial charge in [0.2, 0.25) is 0 Å². The molecule has 9 heteroatoms. The molecule has 3 aromatic rings. The van der Waals surface area contributed by atoms with Crippen molar-refractivity contribution in [3.8, 4) is 11.5 Å². The number of carbonyl (C=O) groups is 1. The minimum absolute atomic E-state index is 0.00905. The van der Waals surface area contributed by atoms with Crippen LogP contribution < -0.4 is 15.5 Å². The van der Waals surface area contributed by atoms with E-state index in [1.165, 1.54) is 0 Å². The molecule has 5 rings (SSSR count). The zero-order valence-electron chi connectivity index (χ0n) is 21.0. The number of amides is 1. The van der Waals surface area contributed by atoms with E-state index in [0.717, 1.165) is 49.3 Å². The van der Waals surface area contributed by atoms with Gasteiger partial charge in [-0.1, -0.05) is 19.9 Å². The molecule has 3 aromatic heterocycles. The Morgan fingerprint density at radius 1 is 1.14 bits per heavy atom. The predicted molar refractivity (Wildman–Crippen MR) is 136 cm³/mol. The van der Waals surface area contributed by atoms with E-state index in [9.17, 15) is 4.79 Å². The second kappa shape index (κ2) is 9.03. The van der Waals surface area contributed by atoms with Crippen LogP contribution in [0.4, 0.5) is 11.6 Å². The van der Waals surface area contributed by atoms with Crippen molar-refractivity contribution < 1.29 is 4.79 Å². The molecule has 0 aromatic carbocycles. The number of fused-ring (bicyclic) bond motifs is 1. The summed E-state index contributed by atoms with van der Waals surface area (Å²) < 4.78 is 2.08. The zero-order chi connectivity index (χ0) is 24.7. The highest BCUT2D eigenvalue weighted by molar-refractivity contribution is 6.10. The molecule has 1 saturated heterocycles. The summed E-state index contributed by atoms with van der Waals surface area (Å²) in [5, 5.41) is 8.48. The average Bonchev–Trinajstić information content (AvgIpc) is 3.57. The van der Waals surface area contributed by atoms with Crippen LogP contribution in [0, 0.1) is 0 Å². The van der Waals surface area contributed by atoms with Gasteiger partial charge in [-0.3, -0.25) is 9.69 Å². The number of aromatic nitrogens is 5. The fraction of sp³-hybridized carbons (Fsp3) is 0.500. The molecule has 5 heterocycles. The molecule has 0 saturated carbocycles. The van der Waals surface area contributed by atoms with Gasteiger partial charge in [0.15, 0.2) is 5.82 Å². The summed E-state index contributed by atoms with van der Waals surface area (Å²) in [5.74, 6) is 2.07. The third kappa shape index (κ3) is 3.97. The number of anilines is 2. The fourth-order valence-electron chi connectivity index (χ4n) is 5.45. The largest absolute Gasteiger partial charge is 0.351 e. The van der Waals surface area contributed by atoms with E-state index in [4.69, 9.17) is 15.7 Å². The van der Waals surface area contributed by atoms with Crippen LogP contribution in [0.25, 0.3) is 11.5 Å². The summed E-state index contributed by atoms with van der Waals surface area (Å²) in [7, 11) is 0. The lowest BCUT2D eigenvalue weighted by Gasteiger charge is -2.33. The second-order valence-corrected chi connectivity index (χ2v) is 10.0. The van der Waals surface area contributed by atoms with Crippen LogP contribution in [-0.4, -0.2) is 42.7 Å². The number of nitrogens with zero attached hydrogens (tertiary/aromatic N) is 7. The lowest BCUT2D eigenvalue weighted by atomic mass is 10.0. The van der Waals surface area contributed by atoms with Gasteiger partial charge in [0.1, 0.15) is 23.7 Å². The average molecular weight is 475 g/mol. The summed E-state index contributed by atoms with van der Waals surface area (Å²) in [4.78, 5) is 27.4. The van der Waals surface area contributed by atoms with Crippen molar-refractivity contribution in [3.63, 3.8) is 0 Å². The van der Waals surface area contributed by atoms with Crippen molar-refractivity contribution in [2.24, 2.45) is 5.73 Å². The highest BCUT2D eigenvalue weighted by Crippen LogP contribution is 2.37. The van der Waals surface area contributed by atoms with E-state index in [1.54, 1.807) is 11.2 Å². The van der Waals surface area contributed by atoms with Crippen molar-refractivity contribution >= 4 is 17.5 Å². The Labute approximate surface area is 206 Å². The molecule has 2 aliphatic rings. The Bertz CT molecular complexity index is 1250. The highest BCUT2D eigenvalue weighted by atomic mass is 16.2. The molecule has 0 aliphatic carbocycles. The van der Waals surface area contributed by atoms with E-state index in [-0.39, 0.29) is 18.0 Å². The molecular weight excluding hydrogens is 440 g/mol. The van der Waals surface area contributed by atoms with Crippen molar-refractivity contribution in [2.75, 3.05) is 16.3 Å². The number of nitrogens with two attached hydrogens (primary N) is 1. The molecule has 1 amide bonds. The molecule has 2 N–H and O–H groups in total. The highest BCUT2D eigenvalue weighted by Gasteiger charge is 2.37. The summed E-state index contributed by atoms with van der Waals surface area (Å²) in [6, 6.07) is 7.94. The fourth-order valence-corrected chi connectivity index (χ4v) is 5.45. The minimum Gasteiger partial charge on any atom is -0.351 e. The number of carbonyl (C=O) groups excluding carboxylic acids is 1. The van der Waals surface area contributed by atoms with E-state index in [2.05, 4.69) is 47.4 Å². The van der Waals surface area contributed by atoms with Crippen LogP contribution in [0.5, 0.6) is 0 Å². The van der Waals surface area contributed by atoms with Crippen LogP contribution in [-0.2, 0) is 13.1 Å². The molecular formula is C26H34N8O. The maximum absolute atomic E-state index is 13.6. The molecule has 2 aliphatic heterocycles. The first kappa shape index (κ1) is 23.4. The van der Waals surface area contributed by atoms with Crippen molar-refractivity contribution in [2.45, 2.75) is 78.0 Å². The van der Waals surface area contributed by atoms with Gasteiger partial charge in [0.25, 0.3) is 5.91 Å². The standard InChI is InChI=1S/C26H34N8O/c1-5-17(6-2)33-16-28-31-24(33)20-9-7-10-22(29-20)32-15-19-18(25(32)35)13-23(30-21(19)14-27)34-12-8-11-26(34,3)4/h7,9-10,13,16-17H,5-6,8,11-12,14-15,27H2,1-4H3. The first-order valence-corrected chi connectivity index (χ1v) is 12.6. The molecule has 0 unspecified atom stereocenters. The topological polar surface area (TPSA) is 106 Å². The van der Waals surface area contributed by atoms with Gasteiger partial charge in [-0.05, 0) is 57.7 Å². The third-order valence-electron chi connectivity index (χ3n) is 7.51. The molecule has 0 atom stereocenters. The van der Waals surface area contributed by atoms with E-state index >= 15 is 0 Å². The zero-order valence-corrected chi connectivity index (χ0v) is 21.0. The molecule has 184 valence electrons. The van der Waals surface area contributed by atoms with Crippen molar-refractivity contribution in [1.29, 1.82) is 0 Å². The molecule has 0 spiro atoms. The number of rotatable bonds is 7. The summed E-state index contributed by atoms with van der Waals surface area (Å²) >= 11 is 0. The first-order chi connectivity index (χ1) is 16.9. The Balaban J connectivity index is 1.50. The van der Waals surface area contributed by atoms with Crippen LogP contribution in [0.15, 0.2) is 30.6 Å². The van der Waals surface area contributed by atoms with Crippen LogP contribution in [0.3, 0.4) is 0 Å². The van der Waals surface area contributed by atoms with Gasteiger partial charge in [-0.2, -0.15) is 0 Å². The maximum atomic E-state index is 13.6. The third-order valence-corrected chi connectivity index (χ3v) is 7.51. The van der Waals surface area contributed by atoms with E-state index < -0.39 is 0 Å². The number of hydrogen-bond acceptors (Lipinski definition) is 7. The molecule has 35 heavy (non-hydrogen) atoms. The van der Waals surface area contributed by atoms with Crippen LogP contribution in [0.2, 0.25) is 0 Å². The summed E-state index contributed by atoms with van der Waals surface area (Å²) in [5.41, 5.74) is 9.16. The Morgan fingerprint density at radius 2 is 1.94 bits per heavy atom. The molecule has 0 radical (unpaired) electrons. The van der Waals surface area contributed by atoms with Gasteiger partial charge in [-0.25, -0.2) is 9.97 Å². The summed E-state index contributed by atoms with van der Waals surface area (Å²) in [6.45, 7) is 10.4. The predicted octanol–water partition coefficient (Wildman–Crippen LogP) is 4.09. The smallest absolute Gasteiger partial charge is 0.260 e. The normalized spacial score (nSPS) is 17.0. The number of pyridine rings is 2. The van der Waals surface area contributed by atoms with E-state index in [1.807, 2.05) is 24.3 Å². The molecule has 1 fully saturated rings. The minimum atomic E-state index is -0.0681. The van der Waals surface area contributed by atoms with Gasteiger partial charge in [0, 0.05) is 30.2 Å². The molecule has 9 nitrogen and oxygen atoms in total. The Hall–Kier alpha value is -3.33. The monoisotopic (exact) mass is 474 g/mol. The second-order valence-electron chi connectivity index (χ2n) is 10.0. The lowest BCUT2D eigenvalue weighted by Crippen LogP contribution is -2.39. The van der Waals surface area contributed by atoms with Crippen molar-refractivity contribution in [3.05, 3.63) is 47.4 Å². The number of hydrogen-bond donors (Lipinski definition) is 1. The Kier molecular flexibility index (Phi) is 6.04. The van der Waals surface area contributed by atoms with Gasteiger partial charge < -0.3 is 15.2 Å². The molecule has 0 bridgehead atoms. The van der Waals surface area contributed by atoms with Crippen molar-refractivity contribution in [1.82, 2.24) is 24.7 Å². The quantitative estimate of drug-likeness (QED) is 0.549. The van der Waals surface area contributed by atoms with E-state index in [0.29, 0.717) is 35.5 Å². The Morgan fingerprint density at radius 3 is 2.63 bits per heavy atom. The van der Waals surface area contributed by atoms with Crippen LogP contribution in [0.1, 0.15) is 81.0 Å². The van der Waals surface area contributed by atoms with Gasteiger partial charge in [0.05, 0.1) is 17.8 Å². The van der Waals surface area contributed by atoms with Gasteiger partial charge >= 0.3 is 0 Å². The van der Waals surface area contributed by atoms with Crippen LogP contribution >= 0.6 is 0 Å². The lowest BCUT2D eigenvalue weighted by molar-refractivity contribution is 0.0996.